The lowest BCUT2D eigenvalue weighted by molar-refractivity contribution is -0.138. The fourth-order valence-corrected chi connectivity index (χ4v) is 4.37. The van der Waals surface area contributed by atoms with E-state index in [0.717, 1.165) is 49.8 Å². The van der Waals surface area contributed by atoms with E-state index in [1.54, 1.807) is 30.3 Å². The molecule has 0 aliphatic heterocycles. The van der Waals surface area contributed by atoms with Crippen LogP contribution in [0.1, 0.15) is 73.0 Å². The Bertz CT molecular complexity index is 1240. The molecule has 39 heavy (non-hydrogen) atoms. The van der Waals surface area contributed by atoms with E-state index in [4.69, 9.17) is 21.4 Å². The van der Waals surface area contributed by atoms with Crippen molar-refractivity contribution in [3.8, 4) is 16.9 Å². The second kappa shape index (κ2) is 14.0. The van der Waals surface area contributed by atoms with Crippen LogP contribution in [-0.2, 0) is 11.0 Å². The van der Waals surface area contributed by atoms with E-state index in [1.165, 1.54) is 12.1 Å². The molecule has 2 N–H and O–H groups in total. The molecule has 1 atom stereocenters. The van der Waals surface area contributed by atoms with Crippen LogP contribution in [-0.4, -0.2) is 23.5 Å². The van der Waals surface area contributed by atoms with Gasteiger partial charge in [0.2, 0.25) is 0 Å². The molecular formula is C30H31ClF3NO4. The summed E-state index contributed by atoms with van der Waals surface area (Å²) in [5, 5.41) is 11.7. The largest absolute Gasteiger partial charge is 0.486 e. The number of carbonyl (C=O) groups excluding carboxylic acids is 1. The molecule has 3 rings (SSSR count). The number of nitrogens with one attached hydrogen (secondary N) is 1. The molecule has 0 saturated heterocycles. The van der Waals surface area contributed by atoms with Gasteiger partial charge in [-0.3, -0.25) is 9.59 Å². The summed E-state index contributed by atoms with van der Waals surface area (Å²) in [6, 6.07) is 16.9. The van der Waals surface area contributed by atoms with Gasteiger partial charge in [-0.15, -0.1) is 0 Å². The average Bonchev–Trinajstić information content (AvgIpc) is 2.90. The van der Waals surface area contributed by atoms with E-state index in [2.05, 4.69) is 12.2 Å². The number of hydrogen-bond acceptors (Lipinski definition) is 3. The first-order chi connectivity index (χ1) is 18.6. The summed E-state index contributed by atoms with van der Waals surface area (Å²) in [5.41, 5.74) is 1.72. The average molecular weight is 562 g/mol. The molecule has 0 saturated carbocycles. The minimum absolute atomic E-state index is 0.0440. The molecule has 0 radical (unpaired) electrons. The summed E-state index contributed by atoms with van der Waals surface area (Å²) in [7, 11) is 0. The molecule has 0 aromatic heterocycles. The molecule has 0 fully saturated rings. The molecule has 3 aromatic carbocycles. The highest BCUT2D eigenvalue weighted by Crippen LogP contribution is 2.36. The molecule has 9 heteroatoms. The van der Waals surface area contributed by atoms with Crippen LogP contribution in [0, 0.1) is 0 Å². The fourth-order valence-electron chi connectivity index (χ4n) is 4.09. The maximum absolute atomic E-state index is 12.9. The smallest absolute Gasteiger partial charge is 0.416 e. The maximum atomic E-state index is 12.9. The van der Waals surface area contributed by atoms with E-state index >= 15 is 0 Å². The van der Waals surface area contributed by atoms with Crippen LogP contribution in [0.2, 0.25) is 5.02 Å². The van der Waals surface area contributed by atoms with Gasteiger partial charge in [0.15, 0.2) is 0 Å². The van der Waals surface area contributed by atoms with Gasteiger partial charge in [0, 0.05) is 17.7 Å². The van der Waals surface area contributed by atoms with Crippen LogP contribution in [0.4, 0.5) is 13.2 Å². The molecule has 0 heterocycles. The summed E-state index contributed by atoms with van der Waals surface area (Å²) in [4.78, 5) is 23.0. The molecular weight excluding hydrogens is 531 g/mol. The van der Waals surface area contributed by atoms with Crippen LogP contribution in [0.25, 0.3) is 11.1 Å². The molecule has 0 aliphatic carbocycles. The summed E-state index contributed by atoms with van der Waals surface area (Å²) in [5.74, 6) is -0.818. The van der Waals surface area contributed by atoms with E-state index in [0.29, 0.717) is 27.5 Å². The summed E-state index contributed by atoms with van der Waals surface area (Å²) in [6.45, 7) is 2.18. The van der Waals surface area contributed by atoms with Crippen molar-refractivity contribution >= 4 is 23.5 Å². The topological polar surface area (TPSA) is 75.6 Å². The number of alkyl halides is 3. The summed E-state index contributed by atoms with van der Waals surface area (Å²) in [6.07, 6.45) is 0.0586. The Balaban J connectivity index is 1.75. The fraction of sp³-hybridized carbons (Fsp3) is 0.333. The van der Waals surface area contributed by atoms with Gasteiger partial charge in [-0.05, 0) is 66.4 Å². The van der Waals surface area contributed by atoms with Gasteiger partial charge in [-0.1, -0.05) is 62.1 Å². The number of rotatable bonds is 13. The van der Waals surface area contributed by atoms with Crippen molar-refractivity contribution in [2.24, 2.45) is 0 Å². The third-order valence-electron chi connectivity index (χ3n) is 6.23. The highest BCUT2D eigenvalue weighted by Gasteiger charge is 2.30. The molecule has 0 spiro atoms. The minimum atomic E-state index is -4.41. The quantitative estimate of drug-likeness (QED) is 0.206. The van der Waals surface area contributed by atoms with Gasteiger partial charge in [-0.2, -0.15) is 13.2 Å². The summed E-state index contributed by atoms with van der Waals surface area (Å²) >= 11 is 6.50. The zero-order valence-corrected chi connectivity index (χ0v) is 22.3. The highest BCUT2D eigenvalue weighted by molar-refractivity contribution is 6.33. The standard InChI is InChI=1S/C30H31ClF3NO4/c1-2-3-4-5-6-27(21-7-9-22(10-8-21)29(38)35-18-17-28(36)37)39-24-15-16-25(26(31)19-24)20-11-13-23(14-12-20)30(32,33)34/h7-16,19,27H,2-6,17-18H2,1H3,(H,35,38)(H,36,37). The van der Waals surface area contributed by atoms with Crippen molar-refractivity contribution in [1.29, 1.82) is 0 Å². The Hall–Kier alpha value is -3.52. The zero-order chi connectivity index (χ0) is 28.4. The highest BCUT2D eigenvalue weighted by atomic mass is 35.5. The Morgan fingerprint density at radius 1 is 0.974 bits per heavy atom. The van der Waals surface area contributed by atoms with Gasteiger partial charge >= 0.3 is 12.1 Å². The Kier molecular flexibility index (Phi) is 10.8. The second-order valence-corrected chi connectivity index (χ2v) is 9.60. The molecule has 1 amide bonds. The first kappa shape index (κ1) is 30.0. The third-order valence-corrected chi connectivity index (χ3v) is 6.54. The lowest BCUT2D eigenvalue weighted by Gasteiger charge is -2.21. The number of unbranched alkanes of at least 4 members (excludes halogenated alkanes) is 3. The number of benzene rings is 3. The molecule has 1 unspecified atom stereocenters. The molecule has 208 valence electrons. The van der Waals surface area contributed by atoms with Crippen molar-refractivity contribution in [1.82, 2.24) is 5.32 Å². The maximum Gasteiger partial charge on any atom is 0.416 e. The molecule has 0 bridgehead atoms. The van der Waals surface area contributed by atoms with Crippen molar-refractivity contribution < 1.29 is 32.6 Å². The second-order valence-electron chi connectivity index (χ2n) is 9.19. The Labute approximate surface area is 231 Å². The van der Waals surface area contributed by atoms with E-state index < -0.39 is 17.7 Å². The van der Waals surface area contributed by atoms with Gasteiger partial charge in [0.25, 0.3) is 5.91 Å². The van der Waals surface area contributed by atoms with Crippen LogP contribution in [0.15, 0.2) is 66.7 Å². The number of carboxylic acid groups (broad SMARTS) is 1. The number of hydrogen-bond donors (Lipinski definition) is 2. The lowest BCUT2D eigenvalue weighted by Crippen LogP contribution is -2.26. The van der Waals surface area contributed by atoms with Crippen molar-refractivity contribution in [3.63, 3.8) is 0 Å². The van der Waals surface area contributed by atoms with Crippen LogP contribution >= 0.6 is 11.6 Å². The lowest BCUT2D eigenvalue weighted by atomic mass is 10.0. The minimum Gasteiger partial charge on any atom is -0.486 e. The van der Waals surface area contributed by atoms with Crippen molar-refractivity contribution in [2.45, 2.75) is 57.7 Å². The number of amides is 1. The monoisotopic (exact) mass is 561 g/mol. The first-order valence-electron chi connectivity index (χ1n) is 12.8. The van der Waals surface area contributed by atoms with Gasteiger partial charge in [0.1, 0.15) is 11.9 Å². The molecule has 5 nitrogen and oxygen atoms in total. The number of aliphatic carboxylic acids is 1. The first-order valence-corrected chi connectivity index (χ1v) is 13.2. The number of halogens is 4. The van der Waals surface area contributed by atoms with E-state index in [-0.39, 0.29) is 25.0 Å². The summed E-state index contributed by atoms with van der Waals surface area (Å²) < 4.78 is 45.0. The van der Waals surface area contributed by atoms with E-state index in [9.17, 15) is 22.8 Å². The zero-order valence-electron chi connectivity index (χ0n) is 21.6. The van der Waals surface area contributed by atoms with Crippen LogP contribution in [0.5, 0.6) is 5.75 Å². The van der Waals surface area contributed by atoms with Crippen LogP contribution < -0.4 is 10.1 Å². The predicted molar refractivity (Wildman–Crippen MR) is 145 cm³/mol. The molecule has 3 aromatic rings. The van der Waals surface area contributed by atoms with Crippen LogP contribution in [0.3, 0.4) is 0 Å². The Morgan fingerprint density at radius 2 is 1.67 bits per heavy atom. The number of ether oxygens (including phenoxy) is 1. The van der Waals surface area contributed by atoms with Gasteiger partial charge in [-0.25, -0.2) is 0 Å². The number of carboxylic acids is 1. The molecule has 0 aliphatic rings. The van der Waals surface area contributed by atoms with Gasteiger partial charge < -0.3 is 15.2 Å². The SMILES string of the molecule is CCCCCCC(Oc1ccc(-c2ccc(C(F)(F)F)cc2)c(Cl)c1)c1ccc(C(=O)NCCC(=O)O)cc1. The third kappa shape index (κ3) is 9.03. The Morgan fingerprint density at radius 3 is 2.26 bits per heavy atom. The van der Waals surface area contributed by atoms with E-state index in [1.807, 2.05) is 12.1 Å². The van der Waals surface area contributed by atoms with Crippen molar-refractivity contribution in [2.75, 3.05) is 6.54 Å². The predicted octanol–water partition coefficient (Wildman–Crippen LogP) is 8.32. The normalized spacial score (nSPS) is 12.1. The number of carbonyl (C=O) groups is 2. The van der Waals surface area contributed by atoms with Gasteiger partial charge in [0.05, 0.1) is 17.0 Å². The van der Waals surface area contributed by atoms with Crippen molar-refractivity contribution in [3.05, 3.63) is 88.4 Å².